The van der Waals surface area contributed by atoms with Crippen LogP contribution in [-0.4, -0.2) is 18.9 Å². The maximum absolute atomic E-state index is 12.1. The molecule has 0 radical (unpaired) electrons. The first-order valence-electron chi connectivity index (χ1n) is 6.18. The van der Waals surface area contributed by atoms with Crippen molar-refractivity contribution in [3.8, 4) is 0 Å². The van der Waals surface area contributed by atoms with Crippen LogP contribution in [0.5, 0.6) is 0 Å². The van der Waals surface area contributed by atoms with Crippen molar-refractivity contribution in [3.63, 3.8) is 0 Å². The summed E-state index contributed by atoms with van der Waals surface area (Å²) in [5, 5.41) is 0.794. The van der Waals surface area contributed by atoms with Crippen molar-refractivity contribution in [2.45, 2.75) is 19.3 Å². The Bertz CT molecular complexity index is 593. The molecular formula is C15H14Cl2O3. The van der Waals surface area contributed by atoms with Crippen molar-refractivity contribution < 1.29 is 14.3 Å². The lowest BCUT2D eigenvalue weighted by Gasteiger charge is -2.28. The lowest BCUT2D eigenvalue weighted by Crippen LogP contribution is -2.33. The lowest BCUT2D eigenvalue weighted by molar-refractivity contribution is -0.149. The van der Waals surface area contributed by atoms with Crippen molar-refractivity contribution >= 4 is 35.0 Å². The Balaban J connectivity index is 2.51. The zero-order valence-electron chi connectivity index (χ0n) is 11.2. The average molecular weight is 313 g/mol. The van der Waals surface area contributed by atoms with Gasteiger partial charge in [-0.3, -0.25) is 9.59 Å². The summed E-state index contributed by atoms with van der Waals surface area (Å²) < 4.78 is 4.75. The Morgan fingerprint density at radius 2 is 2.05 bits per heavy atom. The van der Waals surface area contributed by atoms with Crippen LogP contribution in [0.15, 0.2) is 29.8 Å². The molecule has 5 heteroatoms. The predicted octanol–water partition coefficient (Wildman–Crippen LogP) is 3.79. The van der Waals surface area contributed by atoms with E-state index in [0.717, 1.165) is 5.57 Å². The lowest BCUT2D eigenvalue weighted by atomic mass is 9.75. The van der Waals surface area contributed by atoms with E-state index in [1.54, 1.807) is 18.2 Å². The topological polar surface area (TPSA) is 43.4 Å². The molecule has 0 bridgehead atoms. The number of benzene rings is 1. The Kier molecular flexibility index (Phi) is 4.51. The van der Waals surface area contributed by atoms with Gasteiger partial charge in [-0.1, -0.05) is 40.9 Å². The minimum absolute atomic E-state index is 0.248. The van der Waals surface area contributed by atoms with Crippen molar-refractivity contribution in [2.75, 3.05) is 7.11 Å². The van der Waals surface area contributed by atoms with Crippen LogP contribution in [0.4, 0.5) is 0 Å². The molecule has 0 saturated carbocycles. The number of ether oxygens (including phenoxy) is 1. The number of esters is 1. The van der Waals surface area contributed by atoms with Crippen LogP contribution < -0.4 is 0 Å². The van der Waals surface area contributed by atoms with Crippen LogP contribution in [0.1, 0.15) is 24.8 Å². The molecular weight excluding hydrogens is 299 g/mol. The fraction of sp³-hybridized carbons (Fsp3) is 0.333. The van der Waals surface area contributed by atoms with E-state index in [9.17, 15) is 9.59 Å². The van der Waals surface area contributed by atoms with Gasteiger partial charge in [0.1, 0.15) is 5.92 Å². The second-order valence-electron chi connectivity index (χ2n) is 4.85. The van der Waals surface area contributed by atoms with Gasteiger partial charge in [0.2, 0.25) is 0 Å². The summed E-state index contributed by atoms with van der Waals surface area (Å²) in [4.78, 5) is 24.0. The minimum Gasteiger partial charge on any atom is -0.468 e. The Hall–Kier alpha value is -1.32. The number of hydrogen-bond donors (Lipinski definition) is 0. The predicted molar refractivity (Wildman–Crippen MR) is 78.1 cm³/mol. The molecule has 3 nitrogen and oxygen atoms in total. The summed E-state index contributed by atoms with van der Waals surface area (Å²) in [7, 11) is 1.28. The zero-order valence-corrected chi connectivity index (χ0v) is 12.7. The van der Waals surface area contributed by atoms with Gasteiger partial charge in [-0.25, -0.2) is 0 Å². The highest BCUT2D eigenvalue weighted by atomic mass is 35.5. The SMILES string of the molecule is COC(=O)C1C(=O)C=C(C)CC1c1cccc(Cl)c1Cl. The molecule has 0 N–H and O–H groups in total. The summed E-state index contributed by atoms with van der Waals surface area (Å²) >= 11 is 12.2. The Morgan fingerprint density at radius 1 is 1.35 bits per heavy atom. The van der Waals surface area contributed by atoms with Crippen LogP contribution in [0.3, 0.4) is 0 Å². The molecule has 106 valence electrons. The summed E-state index contributed by atoms with van der Waals surface area (Å²) in [5.74, 6) is -1.99. The monoisotopic (exact) mass is 312 g/mol. The molecule has 1 aromatic rings. The maximum Gasteiger partial charge on any atom is 0.317 e. The zero-order chi connectivity index (χ0) is 14.9. The van der Waals surface area contributed by atoms with Crippen molar-refractivity contribution in [2.24, 2.45) is 5.92 Å². The second-order valence-corrected chi connectivity index (χ2v) is 5.63. The molecule has 20 heavy (non-hydrogen) atoms. The van der Waals surface area contributed by atoms with E-state index in [0.29, 0.717) is 22.0 Å². The van der Waals surface area contributed by atoms with Gasteiger partial charge >= 0.3 is 5.97 Å². The molecule has 2 rings (SSSR count). The maximum atomic E-state index is 12.1. The van der Waals surface area contributed by atoms with Gasteiger partial charge in [0.15, 0.2) is 5.78 Å². The largest absolute Gasteiger partial charge is 0.468 e. The smallest absolute Gasteiger partial charge is 0.317 e. The molecule has 0 spiro atoms. The van der Waals surface area contributed by atoms with E-state index in [1.807, 2.05) is 6.92 Å². The third-order valence-corrected chi connectivity index (χ3v) is 4.31. The third kappa shape index (κ3) is 2.74. The van der Waals surface area contributed by atoms with E-state index in [2.05, 4.69) is 0 Å². The van der Waals surface area contributed by atoms with Gasteiger partial charge in [0.25, 0.3) is 0 Å². The second kappa shape index (κ2) is 5.98. The first-order chi connectivity index (χ1) is 9.45. The first kappa shape index (κ1) is 15.1. The summed E-state index contributed by atoms with van der Waals surface area (Å²) in [6.45, 7) is 1.86. The highest BCUT2D eigenvalue weighted by molar-refractivity contribution is 6.42. The number of ketones is 1. The van der Waals surface area contributed by atoms with Gasteiger partial charge in [0.05, 0.1) is 17.2 Å². The summed E-state index contributed by atoms with van der Waals surface area (Å²) in [6, 6.07) is 5.23. The van der Waals surface area contributed by atoms with Gasteiger partial charge in [-0.05, 0) is 31.1 Å². The highest BCUT2D eigenvalue weighted by Crippen LogP contribution is 2.41. The Morgan fingerprint density at radius 3 is 2.70 bits per heavy atom. The average Bonchev–Trinajstić information content (AvgIpc) is 2.40. The van der Waals surface area contributed by atoms with E-state index in [1.165, 1.54) is 13.2 Å². The van der Waals surface area contributed by atoms with Crippen LogP contribution in [0.2, 0.25) is 10.0 Å². The van der Waals surface area contributed by atoms with Crippen LogP contribution in [-0.2, 0) is 14.3 Å². The molecule has 0 aliphatic heterocycles. The van der Waals surface area contributed by atoms with E-state index in [4.69, 9.17) is 27.9 Å². The van der Waals surface area contributed by atoms with Gasteiger partial charge in [-0.2, -0.15) is 0 Å². The number of carbonyl (C=O) groups excluding carboxylic acids is 2. The molecule has 1 aromatic carbocycles. The molecule has 1 aliphatic rings. The quantitative estimate of drug-likeness (QED) is 0.616. The number of allylic oxidation sites excluding steroid dienone is 2. The molecule has 0 heterocycles. The van der Waals surface area contributed by atoms with Gasteiger partial charge < -0.3 is 4.74 Å². The fourth-order valence-corrected chi connectivity index (χ4v) is 3.01. The normalized spacial score (nSPS) is 22.4. The van der Waals surface area contributed by atoms with E-state index in [-0.39, 0.29) is 11.7 Å². The molecule has 1 aliphatic carbocycles. The van der Waals surface area contributed by atoms with Crippen molar-refractivity contribution in [1.82, 2.24) is 0 Å². The standard InChI is InChI=1S/C15H14Cl2O3/c1-8-6-10(9-4-3-5-11(16)14(9)17)13(12(18)7-8)15(19)20-2/h3-5,7,10,13H,6H2,1-2H3. The molecule has 0 saturated heterocycles. The highest BCUT2D eigenvalue weighted by Gasteiger charge is 2.39. The third-order valence-electron chi connectivity index (χ3n) is 3.48. The minimum atomic E-state index is -0.861. The van der Waals surface area contributed by atoms with Gasteiger partial charge in [-0.15, -0.1) is 0 Å². The number of carbonyl (C=O) groups is 2. The van der Waals surface area contributed by atoms with E-state index < -0.39 is 11.9 Å². The first-order valence-corrected chi connectivity index (χ1v) is 6.94. The molecule has 2 unspecified atom stereocenters. The molecule has 0 aromatic heterocycles. The van der Waals surface area contributed by atoms with Gasteiger partial charge in [0, 0.05) is 5.92 Å². The van der Waals surface area contributed by atoms with Crippen LogP contribution in [0, 0.1) is 5.92 Å². The van der Waals surface area contributed by atoms with E-state index >= 15 is 0 Å². The fourth-order valence-electron chi connectivity index (χ4n) is 2.56. The molecule has 0 fully saturated rings. The molecule has 0 amide bonds. The van der Waals surface area contributed by atoms with Crippen LogP contribution >= 0.6 is 23.2 Å². The Labute approximate surface area is 127 Å². The number of halogens is 2. The number of rotatable bonds is 2. The number of methoxy groups -OCH3 is 1. The summed E-state index contributed by atoms with van der Waals surface area (Å²) in [6.07, 6.45) is 2.07. The van der Waals surface area contributed by atoms with Crippen molar-refractivity contribution in [1.29, 1.82) is 0 Å². The van der Waals surface area contributed by atoms with Crippen molar-refractivity contribution in [3.05, 3.63) is 45.5 Å². The molecule has 2 atom stereocenters. The van der Waals surface area contributed by atoms with Crippen LogP contribution in [0.25, 0.3) is 0 Å². The summed E-state index contributed by atoms with van der Waals surface area (Å²) in [5.41, 5.74) is 1.62. The number of hydrogen-bond acceptors (Lipinski definition) is 3.